The van der Waals surface area contributed by atoms with Crippen LogP contribution in [0.2, 0.25) is 0 Å². The van der Waals surface area contributed by atoms with Crippen molar-refractivity contribution in [2.45, 2.75) is 96.9 Å². The molecule has 5 nitrogen and oxygen atoms in total. The summed E-state index contributed by atoms with van der Waals surface area (Å²) in [6.07, 6.45) is 6.67. The summed E-state index contributed by atoms with van der Waals surface area (Å²) in [4.78, 5) is 11.1. The van der Waals surface area contributed by atoms with Crippen LogP contribution in [0, 0.1) is 46.3 Å². The third kappa shape index (κ3) is 3.27. The van der Waals surface area contributed by atoms with E-state index in [4.69, 9.17) is 5.11 Å². The number of hydrogen-bond donors (Lipinski definition) is 4. The summed E-state index contributed by atoms with van der Waals surface area (Å²) < 4.78 is 0. The van der Waals surface area contributed by atoms with Crippen LogP contribution < -0.4 is 0 Å². The molecule has 0 aliphatic heterocycles. The van der Waals surface area contributed by atoms with Crippen LogP contribution in [0.15, 0.2) is 0 Å². The fourth-order valence-electron chi connectivity index (χ4n) is 8.78. The van der Waals surface area contributed by atoms with E-state index >= 15 is 0 Å². The van der Waals surface area contributed by atoms with Crippen LogP contribution in [-0.2, 0) is 4.79 Å². The van der Waals surface area contributed by atoms with E-state index in [9.17, 15) is 20.1 Å². The first-order chi connectivity index (χ1) is 13.6. The average molecular weight is 409 g/mol. The van der Waals surface area contributed by atoms with Gasteiger partial charge >= 0.3 is 5.97 Å². The molecule has 4 N–H and O–H groups in total. The molecule has 0 bridgehead atoms. The van der Waals surface area contributed by atoms with Crippen molar-refractivity contribution in [3.05, 3.63) is 0 Å². The Morgan fingerprint density at radius 3 is 2.45 bits per heavy atom. The predicted octanol–water partition coefficient (Wildman–Crippen LogP) is 3.45. The van der Waals surface area contributed by atoms with Gasteiger partial charge in [0.05, 0.1) is 12.2 Å². The number of aliphatic hydroxyl groups excluding tert-OH is 3. The van der Waals surface area contributed by atoms with E-state index in [2.05, 4.69) is 20.8 Å². The van der Waals surface area contributed by atoms with Crippen molar-refractivity contribution in [3.8, 4) is 0 Å². The predicted molar refractivity (Wildman–Crippen MR) is 110 cm³/mol. The zero-order valence-corrected chi connectivity index (χ0v) is 18.3. The fourth-order valence-corrected chi connectivity index (χ4v) is 8.78. The molecule has 0 saturated heterocycles. The molecule has 4 fully saturated rings. The van der Waals surface area contributed by atoms with E-state index in [0.29, 0.717) is 23.7 Å². The quantitative estimate of drug-likeness (QED) is 0.571. The highest BCUT2D eigenvalue weighted by Gasteiger charge is 2.63. The van der Waals surface area contributed by atoms with E-state index in [1.54, 1.807) is 0 Å². The van der Waals surface area contributed by atoms with Crippen LogP contribution in [0.25, 0.3) is 0 Å². The molecule has 166 valence electrons. The van der Waals surface area contributed by atoms with Crippen LogP contribution in [0.3, 0.4) is 0 Å². The molecule has 4 aliphatic carbocycles. The second-order valence-electron chi connectivity index (χ2n) is 11.5. The topological polar surface area (TPSA) is 98.0 Å². The summed E-state index contributed by atoms with van der Waals surface area (Å²) in [6, 6.07) is 0. The standard InChI is InChI=1S/C24H40O5/c1-13(10-20(26)22(28)29)17-6-7-18-16-5-4-14-11-15(25)8-9-23(14,2)19(16)12-21(27)24(17,18)3/h13-21,25-27H,4-12H2,1-3H3,(H,28,29)/t13-,14-,15+,16+,17+,18+,19+,20+,21-,23-,24+/m0/s1. The van der Waals surface area contributed by atoms with E-state index in [1.165, 1.54) is 12.8 Å². The van der Waals surface area contributed by atoms with E-state index in [0.717, 1.165) is 38.5 Å². The molecular weight excluding hydrogens is 368 g/mol. The Kier molecular flexibility index (Phi) is 5.57. The van der Waals surface area contributed by atoms with Gasteiger partial charge < -0.3 is 20.4 Å². The summed E-state index contributed by atoms with van der Waals surface area (Å²) in [6.45, 7) is 6.73. The highest BCUT2D eigenvalue weighted by molar-refractivity contribution is 5.71. The average Bonchev–Trinajstić information content (AvgIpc) is 3.02. The number of rotatable bonds is 4. The van der Waals surface area contributed by atoms with Crippen molar-refractivity contribution < 1.29 is 25.2 Å². The normalized spacial score (nSPS) is 51.4. The Hall–Kier alpha value is -0.650. The number of carboxylic acid groups (broad SMARTS) is 1. The second-order valence-corrected chi connectivity index (χ2v) is 11.5. The molecule has 11 atom stereocenters. The zero-order valence-electron chi connectivity index (χ0n) is 18.3. The zero-order chi connectivity index (χ0) is 21.1. The number of aliphatic hydroxyl groups is 3. The van der Waals surface area contributed by atoms with Gasteiger partial charge in [0, 0.05) is 0 Å². The van der Waals surface area contributed by atoms with Crippen LogP contribution in [0.4, 0.5) is 0 Å². The smallest absolute Gasteiger partial charge is 0.332 e. The van der Waals surface area contributed by atoms with Gasteiger partial charge in [-0.3, -0.25) is 0 Å². The number of aliphatic carboxylic acids is 1. The molecule has 0 radical (unpaired) electrons. The highest BCUT2D eigenvalue weighted by atomic mass is 16.4. The monoisotopic (exact) mass is 408 g/mol. The van der Waals surface area contributed by atoms with Crippen molar-refractivity contribution in [1.82, 2.24) is 0 Å². The molecule has 5 heteroatoms. The molecule has 0 aromatic carbocycles. The lowest BCUT2D eigenvalue weighted by Gasteiger charge is -2.62. The van der Waals surface area contributed by atoms with Crippen LogP contribution in [-0.4, -0.2) is 44.7 Å². The lowest BCUT2D eigenvalue weighted by molar-refractivity contribution is -0.176. The summed E-state index contributed by atoms with van der Waals surface area (Å²) in [7, 11) is 0. The lowest BCUT2D eigenvalue weighted by atomic mass is 9.43. The third-order valence-corrected chi connectivity index (χ3v) is 10.4. The molecule has 0 spiro atoms. The third-order valence-electron chi connectivity index (χ3n) is 10.4. The first-order valence-corrected chi connectivity index (χ1v) is 11.9. The fraction of sp³-hybridized carbons (Fsp3) is 0.958. The first kappa shape index (κ1) is 21.6. The highest BCUT2D eigenvalue weighted by Crippen LogP contribution is 2.68. The van der Waals surface area contributed by atoms with Crippen molar-refractivity contribution in [3.63, 3.8) is 0 Å². The Morgan fingerprint density at radius 1 is 1.03 bits per heavy atom. The van der Waals surface area contributed by atoms with Crippen LogP contribution in [0.5, 0.6) is 0 Å². The van der Waals surface area contributed by atoms with Gasteiger partial charge in [0.25, 0.3) is 0 Å². The van der Waals surface area contributed by atoms with Gasteiger partial charge in [0.2, 0.25) is 0 Å². The first-order valence-electron chi connectivity index (χ1n) is 11.9. The van der Waals surface area contributed by atoms with Gasteiger partial charge in [-0.05, 0) is 104 Å². The van der Waals surface area contributed by atoms with Gasteiger partial charge in [-0.2, -0.15) is 0 Å². The van der Waals surface area contributed by atoms with E-state index < -0.39 is 12.1 Å². The second kappa shape index (κ2) is 7.49. The van der Waals surface area contributed by atoms with Crippen molar-refractivity contribution in [2.75, 3.05) is 0 Å². The van der Waals surface area contributed by atoms with Gasteiger partial charge in [0.15, 0.2) is 6.10 Å². The Bertz CT molecular complexity index is 637. The number of hydrogen-bond acceptors (Lipinski definition) is 4. The minimum atomic E-state index is -1.32. The van der Waals surface area contributed by atoms with Gasteiger partial charge in [0.1, 0.15) is 0 Å². The molecule has 0 aromatic rings. The number of carbonyl (C=O) groups is 1. The van der Waals surface area contributed by atoms with Crippen LogP contribution in [0.1, 0.15) is 78.6 Å². The van der Waals surface area contributed by atoms with E-state index in [-0.39, 0.29) is 41.3 Å². The molecule has 4 rings (SSSR count). The lowest BCUT2D eigenvalue weighted by Crippen LogP contribution is -2.58. The number of fused-ring (bicyclic) bond motifs is 5. The summed E-state index contributed by atoms with van der Waals surface area (Å²) in [5.41, 5.74) is 0.0455. The Labute approximate surface area is 174 Å². The maximum Gasteiger partial charge on any atom is 0.332 e. The summed E-state index contributed by atoms with van der Waals surface area (Å²) in [5.74, 6) is 1.41. The molecular formula is C24H40O5. The Morgan fingerprint density at radius 2 is 1.76 bits per heavy atom. The van der Waals surface area contributed by atoms with Gasteiger partial charge in [-0.1, -0.05) is 20.8 Å². The SMILES string of the molecule is C[C@@H](C[C@@H](O)C(=O)O)[C@H]1CC[C@@H]2[C@H]3CC[C@H]4C[C@H](O)CC[C@]4(C)[C@@H]3C[C@H](O)[C@@]21C. The molecule has 29 heavy (non-hydrogen) atoms. The molecule has 0 aromatic heterocycles. The molecule has 0 unspecified atom stereocenters. The molecule has 0 heterocycles. The van der Waals surface area contributed by atoms with Crippen LogP contribution >= 0.6 is 0 Å². The summed E-state index contributed by atoms with van der Waals surface area (Å²) >= 11 is 0. The molecule has 4 aliphatic rings. The molecule has 4 saturated carbocycles. The van der Waals surface area contributed by atoms with E-state index in [1.807, 2.05) is 0 Å². The largest absolute Gasteiger partial charge is 0.479 e. The van der Waals surface area contributed by atoms with Crippen molar-refractivity contribution >= 4 is 5.97 Å². The minimum absolute atomic E-state index is 0.0825. The van der Waals surface area contributed by atoms with Crippen molar-refractivity contribution in [1.29, 1.82) is 0 Å². The molecule has 0 amide bonds. The summed E-state index contributed by atoms with van der Waals surface area (Å²) in [5, 5.41) is 40.7. The maximum atomic E-state index is 11.5. The Balaban J connectivity index is 1.57. The number of carboxylic acids is 1. The van der Waals surface area contributed by atoms with Gasteiger partial charge in [-0.25, -0.2) is 4.79 Å². The minimum Gasteiger partial charge on any atom is -0.479 e. The van der Waals surface area contributed by atoms with Gasteiger partial charge in [-0.15, -0.1) is 0 Å². The maximum absolute atomic E-state index is 11.5. The van der Waals surface area contributed by atoms with Crippen molar-refractivity contribution in [2.24, 2.45) is 46.3 Å².